The van der Waals surface area contributed by atoms with Gasteiger partial charge in [-0.1, -0.05) is 29.8 Å². The van der Waals surface area contributed by atoms with Gasteiger partial charge >= 0.3 is 0 Å². The Morgan fingerprint density at radius 2 is 2.09 bits per heavy atom. The first-order valence-electron chi connectivity index (χ1n) is 8.04. The Hall–Kier alpha value is -2.36. The maximum Gasteiger partial charge on any atom is 0.285 e. The maximum absolute atomic E-state index is 5.55. The number of hydrogen-bond donors (Lipinski definition) is 1. The van der Waals surface area contributed by atoms with Crippen LogP contribution in [0.1, 0.15) is 33.9 Å². The van der Waals surface area contributed by atoms with Crippen molar-refractivity contribution in [1.29, 1.82) is 0 Å². The van der Waals surface area contributed by atoms with Gasteiger partial charge in [0.1, 0.15) is 6.61 Å². The molecule has 0 saturated carbocycles. The Morgan fingerprint density at radius 1 is 1.22 bits per heavy atom. The second-order valence-electron chi connectivity index (χ2n) is 6.09. The summed E-state index contributed by atoms with van der Waals surface area (Å²) in [7, 11) is 0. The number of aliphatic imine (C=N–C) groups is 1. The number of nitrogens with zero attached hydrogens (tertiary/aromatic N) is 2. The molecule has 0 spiro atoms. The van der Waals surface area contributed by atoms with E-state index in [0.717, 1.165) is 13.0 Å². The molecule has 1 atom stereocenters. The summed E-state index contributed by atoms with van der Waals surface area (Å²) in [4.78, 5) is 8.72. The molecule has 0 radical (unpaired) electrons. The molecule has 2 aromatic rings. The van der Waals surface area contributed by atoms with Gasteiger partial charge in [-0.3, -0.25) is 4.98 Å². The van der Waals surface area contributed by atoms with Gasteiger partial charge in [-0.15, -0.1) is 0 Å². The molecule has 0 aliphatic carbocycles. The lowest BCUT2D eigenvalue weighted by atomic mass is 9.95. The Kier molecular flexibility index (Phi) is 4.60. The van der Waals surface area contributed by atoms with E-state index in [1.807, 2.05) is 12.4 Å². The monoisotopic (exact) mass is 309 g/mol. The molecule has 2 heterocycles. The van der Waals surface area contributed by atoms with E-state index in [1.165, 1.54) is 27.8 Å². The summed E-state index contributed by atoms with van der Waals surface area (Å²) < 4.78 is 5.55. The average Bonchev–Trinajstić information content (AvgIpc) is 3.04. The third-order valence-electron chi connectivity index (χ3n) is 4.32. The van der Waals surface area contributed by atoms with Crippen LogP contribution in [0.3, 0.4) is 0 Å². The molecular weight excluding hydrogens is 286 g/mol. The summed E-state index contributed by atoms with van der Waals surface area (Å²) in [5.41, 5.74) is 6.27. The third kappa shape index (κ3) is 3.70. The van der Waals surface area contributed by atoms with Crippen molar-refractivity contribution in [3.63, 3.8) is 0 Å². The number of hydrogen-bond acceptors (Lipinski definition) is 4. The van der Waals surface area contributed by atoms with E-state index in [1.54, 1.807) is 0 Å². The lowest BCUT2D eigenvalue weighted by molar-refractivity contribution is 0.325. The van der Waals surface area contributed by atoms with Crippen LogP contribution in [-0.4, -0.2) is 24.2 Å². The van der Waals surface area contributed by atoms with Crippen molar-refractivity contribution in [2.75, 3.05) is 13.2 Å². The fourth-order valence-electron chi connectivity index (χ4n) is 2.82. The molecule has 1 aliphatic rings. The molecule has 1 aromatic carbocycles. The Morgan fingerprint density at radius 3 is 2.83 bits per heavy atom. The summed E-state index contributed by atoms with van der Waals surface area (Å²) in [6, 6.07) is 9.34. The van der Waals surface area contributed by atoms with Crippen LogP contribution >= 0.6 is 0 Å². The molecule has 0 saturated heterocycles. The first-order valence-corrected chi connectivity index (χ1v) is 8.04. The zero-order valence-electron chi connectivity index (χ0n) is 14.0. The molecular formula is C19H23N3O. The van der Waals surface area contributed by atoms with Crippen molar-refractivity contribution in [3.05, 3.63) is 64.5 Å². The second kappa shape index (κ2) is 6.82. The van der Waals surface area contributed by atoms with E-state index in [2.05, 4.69) is 60.3 Å². The van der Waals surface area contributed by atoms with Gasteiger partial charge in [0.25, 0.3) is 6.02 Å². The van der Waals surface area contributed by atoms with E-state index >= 15 is 0 Å². The molecule has 0 amide bonds. The highest BCUT2D eigenvalue weighted by Gasteiger charge is 2.18. The molecule has 0 fully saturated rings. The van der Waals surface area contributed by atoms with Crippen molar-refractivity contribution in [2.45, 2.75) is 33.2 Å². The summed E-state index contributed by atoms with van der Waals surface area (Å²) in [5, 5.41) is 3.45. The number of aromatic nitrogens is 1. The van der Waals surface area contributed by atoms with Gasteiger partial charge in [0, 0.05) is 12.4 Å². The normalized spacial score (nSPS) is 15.0. The Balaban J connectivity index is 1.89. The van der Waals surface area contributed by atoms with Crippen LogP contribution in [0.15, 0.2) is 41.7 Å². The molecule has 23 heavy (non-hydrogen) atoms. The van der Waals surface area contributed by atoms with Crippen molar-refractivity contribution in [2.24, 2.45) is 4.99 Å². The van der Waals surface area contributed by atoms with Crippen molar-refractivity contribution < 1.29 is 4.74 Å². The number of rotatable bonds is 4. The fraction of sp³-hybridized carbons (Fsp3) is 0.368. The lowest BCUT2D eigenvalue weighted by Gasteiger charge is -2.21. The van der Waals surface area contributed by atoms with Crippen molar-refractivity contribution in [3.8, 4) is 0 Å². The standard InChI is InChI=1S/C19H23N3O/c1-13-5-4-6-16(9-13)18(22-19-21-7-8-23-19)10-17-12-20-11-14(2)15(17)3/h4-6,9,11-12,18H,7-8,10H2,1-3H3,(H,21,22). The van der Waals surface area contributed by atoms with Crippen LogP contribution in [0.4, 0.5) is 0 Å². The first-order chi connectivity index (χ1) is 11.1. The summed E-state index contributed by atoms with van der Waals surface area (Å²) in [5.74, 6) is 0. The number of amidine groups is 1. The molecule has 4 heteroatoms. The molecule has 1 N–H and O–H groups in total. The zero-order chi connectivity index (χ0) is 16.2. The molecule has 1 aromatic heterocycles. The molecule has 120 valence electrons. The fourth-order valence-corrected chi connectivity index (χ4v) is 2.82. The number of ether oxygens (including phenoxy) is 1. The zero-order valence-corrected chi connectivity index (χ0v) is 14.0. The molecule has 3 rings (SSSR count). The van der Waals surface area contributed by atoms with Crippen LogP contribution in [-0.2, 0) is 11.2 Å². The molecule has 0 bridgehead atoms. The lowest BCUT2D eigenvalue weighted by Crippen LogP contribution is -2.30. The van der Waals surface area contributed by atoms with Crippen LogP contribution in [0, 0.1) is 20.8 Å². The first kappa shape index (κ1) is 15.5. The van der Waals surface area contributed by atoms with E-state index < -0.39 is 0 Å². The highest BCUT2D eigenvalue weighted by atomic mass is 16.5. The largest absolute Gasteiger partial charge is 0.463 e. The highest BCUT2D eigenvalue weighted by molar-refractivity contribution is 5.75. The molecule has 4 nitrogen and oxygen atoms in total. The van der Waals surface area contributed by atoms with Crippen molar-refractivity contribution in [1.82, 2.24) is 10.3 Å². The minimum Gasteiger partial charge on any atom is -0.463 e. The predicted octanol–water partition coefficient (Wildman–Crippen LogP) is 3.27. The Labute approximate surface area is 137 Å². The second-order valence-corrected chi connectivity index (χ2v) is 6.09. The van der Waals surface area contributed by atoms with Gasteiger partial charge in [-0.2, -0.15) is 0 Å². The summed E-state index contributed by atoms with van der Waals surface area (Å²) >= 11 is 0. The average molecular weight is 309 g/mol. The van der Waals surface area contributed by atoms with Crippen LogP contribution < -0.4 is 5.32 Å². The minimum atomic E-state index is 0.119. The van der Waals surface area contributed by atoms with Gasteiger partial charge in [-0.05, 0) is 49.4 Å². The Bertz CT molecular complexity index is 724. The number of benzene rings is 1. The van der Waals surface area contributed by atoms with Crippen LogP contribution in [0.2, 0.25) is 0 Å². The predicted molar refractivity (Wildman–Crippen MR) is 92.7 cm³/mol. The van der Waals surface area contributed by atoms with E-state index in [9.17, 15) is 0 Å². The highest BCUT2D eigenvalue weighted by Crippen LogP contribution is 2.22. The van der Waals surface area contributed by atoms with Gasteiger partial charge in [0.15, 0.2) is 0 Å². The topological polar surface area (TPSA) is 46.5 Å². The van der Waals surface area contributed by atoms with Gasteiger partial charge in [-0.25, -0.2) is 4.99 Å². The van der Waals surface area contributed by atoms with Crippen molar-refractivity contribution >= 4 is 6.02 Å². The third-order valence-corrected chi connectivity index (χ3v) is 4.32. The van der Waals surface area contributed by atoms with Gasteiger partial charge in [0.2, 0.25) is 0 Å². The quantitative estimate of drug-likeness (QED) is 0.943. The van der Waals surface area contributed by atoms with Crippen LogP contribution in [0.25, 0.3) is 0 Å². The molecule has 1 aliphatic heterocycles. The molecule has 1 unspecified atom stereocenters. The van der Waals surface area contributed by atoms with Gasteiger partial charge < -0.3 is 10.1 Å². The van der Waals surface area contributed by atoms with Crippen LogP contribution in [0.5, 0.6) is 0 Å². The summed E-state index contributed by atoms with van der Waals surface area (Å²) in [6.45, 7) is 7.76. The minimum absolute atomic E-state index is 0.119. The van der Waals surface area contributed by atoms with E-state index in [4.69, 9.17) is 4.74 Å². The number of pyridine rings is 1. The maximum atomic E-state index is 5.55. The van der Waals surface area contributed by atoms with E-state index in [-0.39, 0.29) is 6.04 Å². The number of aryl methyl sites for hydroxylation is 2. The smallest absolute Gasteiger partial charge is 0.285 e. The van der Waals surface area contributed by atoms with Gasteiger partial charge in [0.05, 0.1) is 12.6 Å². The SMILES string of the molecule is Cc1cccc(C(Cc2cncc(C)c2C)NC2=NCCO2)c1. The number of nitrogens with one attached hydrogen (secondary N) is 1. The van der Waals surface area contributed by atoms with E-state index in [0.29, 0.717) is 12.6 Å². The summed E-state index contributed by atoms with van der Waals surface area (Å²) in [6.07, 6.45) is 4.73.